The molecule has 4 unspecified atom stereocenters. The molecule has 0 aromatic carbocycles. The quantitative estimate of drug-likeness (QED) is 0.105. The second-order valence-electron chi connectivity index (χ2n) is 18.0. The van der Waals surface area contributed by atoms with Crippen LogP contribution in [0.2, 0.25) is 0 Å². The lowest BCUT2D eigenvalue weighted by molar-refractivity contribution is -0.137. The maximum Gasteiger partial charge on any atom is 0.303 e. The predicted octanol–water partition coefficient (Wildman–Crippen LogP) is 13.9. The average Bonchev–Trinajstić information content (AvgIpc) is 3.40. The first-order chi connectivity index (χ1) is 22.6. The van der Waals surface area contributed by atoms with Crippen LogP contribution in [0, 0.1) is 51.8 Å². The summed E-state index contributed by atoms with van der Waals surface area (Å²) in [5.41, 5.74) is 3.10. The van der Waals surface area contributed by atoms with Crippen molar-refractivity contribution in [2.75, 3.05) is 0 Å². The normalized spacial score (nSPS) is 32.6. The molecule has 0 aromatic rings. The summed E-state index contributed by atoms with van der Waals surface area (Å²) >= 11 is 0. The van der Waals surface area contributed by atoms with Crippen LogP contribution >= 0.6 is 0 Å². The molecule has 3 saturated carbocycles. The number of fused-ring (bicyclic) bond motifs is 5. The van der Waals surface area contributed by atoms with Crippen molar-refractivity contribution in [3.05, 3.63) is 36.0 Å². The van der Waals surface area contributed by atoms with Gasteiger partial charge in [0.2, 0.25) is 0 Å². The standard InChI is InChI=1S/C45H76O2/c1-7-8-9-10-11-12-13-16-23-36(24-17-14-15-18-26-42(46)47)44(5,33-21-22-35(2)3)41-30-29-39-38-28-27-37-25-19-20-32-43(37,4)40(38)31-34-45(39,41)6/h11-12,16,23,27,35-36,38-41H,7-10,13-15,17-22,24-26,28-34H2,1-6H3,(H,46,47)/t36?,38?,39?,40?,41-,43+,44+,45+/m1/s1. The summed E-state index contributed by atoms with van der Waals surface area (Å²) in [6, 6.07) is 0. The summed E-state index contributed by atoms with van der Waals surface area (Å²) in [5.74, 6) is 4.22. The van der Waals surface area contributed by atoms with Crippen LogP contribution in [0.3, 0.4) is 0 Å². The first kappa shape index (κ1) is 38.5. The number of hydrogen-bond acceptors (Lipinski definition) is 1. The van der Waals surface area contributed by atoms with Crippen LogP contribution in [0.25, 0.3) is 0 Å². The van der Waals surface area contributed by atoms with Crippen LogP contribution in [0.4, 0.5) is 0 Å². The molecule has 268 valence electrons. The molecule has 0 saturated heterocycles. The van der Waals surface area contributed by atoms with Crippen LogP contribution in [0.15, 0.2) is 36.0 Å². The second kappa shape index (κ2) is 18.1. The van der Waals surface area contributed by atoms with Gasteiger partial charge in [-0.25, -0.2) is 0 Å². The van der Waals surface area contributed by atoms with Gasteiger partial charge in [-0.05, 0) is 142 Å². The highest BCUT2D eigenvalue weighted by molar-refractivity contribution is 5.66. The summed E-state index contributed by atoms with van der Waals surface area (Å²) in [5, 5.41) is 9.15. The molecule has 4 rings (SSSR count). The molecule has 47 heavy (non-hydrogen) atoms. The largest absolute Gasteiger partial charge is 0.481 e. The van der Waals surface area contributed by atoms with E-state index in [1.807, 2.05) is 5.57 Å². The fraction of sp³-hybridized carbons (Fsp3) is 0.844. The van der Waals surface area contributed by atoms with Crippen LogP contribution in [-0.4, -0.2) is 11.1 Å². The fourth-order valence-corrected chi connectivity index (χ4v) is 12.0. The van der Waals surface area contributed by atoms with E-state index in [0.29, 0.717) is 28.6 Å². The van der Waals surface area contributed by atoms with Gasteiger partial charge >= 0.3 is 5.97 Å². The van der Waals surface area contributed by atoms with Crippen molar-refractivity contribution in [1.29, 1.82) is 0 Å². The molecular weight excluding hydrogens is 572 g/mol. The zero-order chi connectivity index (χ0) is 33.9. The van der Waals surface area contributed by atoms with Crippen molar-refractivity contribution in [1.82, 2.24) is 0 Å². The number of allylic oxidation sites excluding steroid dienone is 6. The molecule has 2 nitrogen and oxygen atoms in total. The minimum atomic E-state index is -0.646. The molecule has 4 aliphatic rings. The number of hydrogen-bond donors (Lipinski definition) is 1. The number of carbonyl (C=O) groups is 1. The third-order valence-corrected chi connectivity index (χ3v) is 14.6. The van der Waals surface area contributed by atoms with E-state index in [2.05, 4.69) is 71.9 Å². The number of unbranched alkanes of at least 4 members (excludes halogenated alkanes) is 6. The molecule has 0 aromatic heterocycles. The highest BCUT2D eigenvalue weighted by atomic mass is 16.4. The van der Waals surface area contributed by atoms with Gasteiger partial charge in [0.25, 0.3) is 0 Å². The van der Waals surface area contributed by atoms with E-state index in [9.17, 15) is 4.79 Å². The van der Waals surface area contributed by atoms with Crippen LogP contribution in [0.5, 0.6) is 0 Å². The number of rotatable bonds is 20. The Balaban J connectivity index is 1.56. The molecule has 0 heterocycles. The highest BCUT2D eigenvalue weighted by Crippen LogP contribution is 2.70. The van der Waals surface area contributed by atoms with E-state index in [-0.39, 0.29) is 0 Å². The lowest BCUT2D eigenvalue weighted by Crippen LogP contribution is -2.52. The van der Waals surface area contributed by atoms with Crippen molar-refractivity contribution in [2.45, 2.75) is 189 Å². The minimum Gasteiger partial charge on any atom is -0.481 e. The Morgan fingerprint density at radius 2 is 1.74 bits per heavy atom. The zero-order valence-electron chi connectivity index (χ0n) is 32.0. The van der Waals surface area contributed by atoms with Gasteiger partial charge in [-0.1, -0.05) is 129 Å². The van der Waals surface area contributed by atoms with E-state index in [1.165, 1.54) is 122 Å². The van der Waals surface area contributed by atoms with Crippen molar-refractivity contribution in [3.8, 4) is 0 Å². The Hall–Kier alpha value is -1.31. The monoisotopic (exact) mass is 649 g/mol. The molecule has 4 aliphatic carbocycles. The number of aliphatic carboxylic acids is 1. The number of carboxylic acid groups (broad SMARTS) is 1. The van der Waals surface area contributed by atoms with Gasteiger partial charge < -0.3 is 5.11 Å². The highest BCUT2D eigenvalue weighted by Gasteiger charge is 2.61. The third-order valence-electron chi connectivity index (χ3n) is 14.6. The lowest BCUT2D eigenvalue weighted by atomic mass is 9.45. The summed E-state index contributed by atoms with van der Waals surface area (Å²) < 4.78 is 0. The molecule has 0 spiro atoms. The first-order valence-electron chi connectivity index (χ1n) is 20.8. The molecule has 0 amide bonds. The topological polar surface area (TPSA) is 37.3 Å². The Bertz CT molecular complexity index is 1050. The summed E-state index contributed by atoms with van der Waals surface area (Å²) in [6.45, 7) is 15.3. The van der Waals surface area contributed by atoms with E-state index < -0.39 is 5.97 Å². The van der Waals surface area contributed by atoms with Gasteiger partial charge in [0.1, 0.15) is 0 Å². The first-order valence-corrected chi connectivity index (χ1v) is 20.8. The maximum absolute atomic E-state index is 11.1. The van der Waals surface area contributed by atoms with Crippen molar-refractivity contribution in [3.63, 3.8) is 0 Å². The van der Waals surface area contributed by atoms with Gasteiger partial charge in [-0.3, -0.25) is 4.79 Å². The smallest absolute Gasteiger partial charge is 0.303 e. The van der Waals surface area contributed by atoms with Gasteiger partial charge in [0, 0.05) is 6.42 Å². The van der Waals surface area contributed by atoms with E-state index in [1.54, 1.807) is 0 Å². The predicted molar refractivity (Wildman–Crippen MR) is 202 cm³/mol. The minimum absolute atomic E-state index is 0.317. The molecule has 3 fully saturated rings. The van der Waals surface area contributed by atoms with Crippen LogP contribution in [-0.2, 0) is 4.79 Å². The Morgan fingerprint density at radius 1 is 0.936 bits per heavy atom. The van der Waals surface area contributed by atoms with Gasteiger partial charge in [-0.2, -0.15) is 0 Å². The average molecular weight is 649 g/mol. The molecule has 8 atom stereocenters. The van der Waals surface area contributed by atoms with Crippen molar-refractivity contribution in [2.24, 2.45) is 51.8 Å². The van der Waals surface area contributed by atoms with Crippen molar-refractivity contribution < 1.29 is 9.90 Å². The van der Waals surface area contributed by atoms with Crippen LogP contribution in [0.1, 0.15) is 189 Å². The summed E-state index contributed by atoms with van der Waals surface area (Å²) in [7, 11) is 0. The summed E-state index contributed by atoms with van der Waals surface area (Å²) in [4.78, 5) is 11.1. The molecule has 0 aliphatic heterocycles. The fourth-order valence-electron chi connectivity index (χ4n) is 12.0. The van der Waals surface area contributed by atoms with Gasteiger partial charge in [-0.15, -0.1) is 0 Å². The molecule has 0 bridgehead atoms. The van der Waals surface area contributed by atoms with E-state index in [0.717, 1.165) is 48.9 Å². The van der Waals surface area contributed by atoms with Gasteiger partial charge in [0.15, 0.2) is 0 Å². The molecule has 2 heteroatoms. The van der Waals surface area contributed by atoms with Crippen molar-refractivity contribution >= 4 is 5.97 Å². The van der Waals surface area contributed by atoms with E-state index >= 15 is 0 Å². The van der Waals surface area contributed by atoms with Crippen LogP contribution < -0.4 is 0 Å². The molecular formula is C45H76O2. The molecule has 0 radical (unpaired) electrons. The second-order valence-corrected chi connectivity index (χ2v) is 18.0. The van der Waals surface area contributed by atoms with E-state index in [4.69, 9.17) is 5.11 Å². The Morgan fingerprint density at radius 3 is 2.51 bits per heavy atom. The SMILES string of the molecule is CCCCCC=CCC=CC(CCCCCCC(=O)O)[C@](C)(CCCC(C)C)[C@H]1CCC2C3CC=C4CCCC[C@]4(C)C3CC[C@@]21C. The maximum atomic E-state index is 11.1. The molecule has 1 N–H and O–H groups in total. The number of carboxylic acids is 1. The van der Waals surface area contributed by atoms with Gasteiger partial charge in [0.05, 0.1) is 0 Å². The summed E-state index contributed by atoms with van der Waals surface area (Å²) in [6.07, 6.45) is 41.7. The zero-order valence-corrected chi connectivity index (χ0v) is 32.0. The lowest BCUT2D eigenvalue weighted by Gasteiger charge is -2.59. The Labute approximate surface area is 292 Å². The Kier molecular flexibility index (Phi) is 14.8. The third kappa shape index (κ3) is 9.48.